The number of rotatable bonds is 23. The molecule has 19 nitrogen and oxygen atoms in total. The largest absolute Gasteiger partial charge is 0.508 e. The van der Waals surface area contributed by atoms with Gasteiger partial charge in [0, 0.05) is 28.8 Å². The molecule has 4 rings (SSSR count). The van der Waals surface area contributed by atoms with Crippen molar-refractivity contribution in [3.05, 3.63) is 113 Å². The van der Waals surface area contributed by atoms with E-state index in [0.29, 0.717) is 97.5 Å². The van der Waals surface area contributed by atoms with Gasteiger partial charge in [-0.05, 0) is 106 Å². The van der Waals surface area contributed by atoms with Crippen LogP contribution in [0, 0.1) is 0 Å². The van der Waals surface area contributed by atoms with Gasteiger partial charge in [-0.25, -0.2) is 0 Å². The molecule has 4 aromatic rings. The first-order valence-corrected chi connectivity index (χ1v) is 21.9. The summed E-state index contributed by atoms with van der Waals surface area (Å²) < 4.78 is 62.9. The lowest BCUT2D eigenvalue weighted by atomic mass is 10.1. The summed E-state index contributed by atoms with van der Waals surface area (Å²) in [7, 11) is 18.1. The Labute approximate surface area is 431 Å². The number of aliphatic hydroxyl groups is 2. The SMILES string of the molecule is CC(=O)CC(C)=O.COc1ccc(/C=C/C(=O)/C=C(O)/C=C/c2ccc(OC)c(OC)c2OC)c(OC)c1OC.COc1ccc(/C=C/C(O)=C/C(C)=O)c(OC)c1OC.COc1ccc(C=O)c(OC)c1OC. The van der Waals surface area contributed by atoms with Crippen LogP contribution in [0.3, 0.4) is 0 Å². The number of hydrogen-bond donors (Lipinski definition) is 2. The Morgan fingerprint density at radius 3 is 0.892 bits per heavy atom. The molecule has 0 aliphatic carbocycles. The Hall–Kier alpha value is -8.87. The van der Waals surface area contributed by atoms with Crippen LogP contribution < -0.4 is 56.8 Å². The lowest BCUT2D eigenvalue weighted by Gasteiger charge is -2.14. The monoisotopic (exact) mass is 1030 g/mol. The summed E-state index contributed by atoms with van der Waals surface area (Å²) in [5.74, 6) is 4.43. The molecule has 74 heavy (non-hydrogen) atoms. The summed E-state index contributed by atoms with van der Waals surface area (Å²) in [5, 5.41) is 19.7. The van der Waals surface area contributed by atoms with Crippen LogP contribution >= 0.6 is 0 Å². The number of methoxy groups -OCH3 is 12. The van der Waals surface area contributed by atoms with Crippen molar-refractivity contribution < 1.29 is 91.0 Å². The fourth-order valence-corrected chi connectivity index (χ4v) is 6.36. The molecule has 0 aromatic heterocycles. The molecule has 19 heteroatoms. The minimum Gasteiger partial charge on any atom is -0.508 e. The van der Waals surface area contributed by atoms with Crippen molar-refractivity contribution in [1.29, 1.82) is 0 Å². The zero-order valence-electron chi connectivity index (χ0n) is 44.4. The van der Waals surface area contributed by atoms with Crippen molar-refractivity contribution in [1.82, 2.24) is 0 Å². The van der Waals surface area contributed by atoms with Crippen molar-refractivity contribution in [3.8, 4) is 69.0 Å². The number of aldehydes is 1. The molecular formula is C55H66O19. The van der Waals surface area contributed by atoms with Crippen molar-refractivity contribution in [2.45, 2.75) is 27.2 Å². The number of hydrogen-bond acceptors (Lipinski definition) is 19. The van der Waals surface area contributed by atoms with Crippen LogP contribution in [-0.2, 0) is 19.2 Å². The highest BCUT2D eigenvalue weighted by atomic mass is 16.6. The molecule has 0 bridgehead atoms. The zero-order valence-corrected chi connectivity index (χ0v) is 44.4. The van der Waals surface area contributed by atoms with Crippen molar-refractivity contribution in [2.75, 3.05) is 85.3 Å². The van der Waals surface area contributed by atoms with Crippen molar-refractivity contribution in [3.63, 3.8) is 0 Å². The van der Waals surface area contributed by atoms with Gasteiger partial charge in [0.05, 0.1) is 97.3 Å². The first-order valence-electron chi connectivity index (χ1n) is 21.9. The first-order chi connectivity index (χ1) is 35.4. The van der Waals surface area contributed by atoms with Gasteiger partial charge < -0.3 is 67.1 Å². The molecule has 0 spiro atoms. The number of carbonyl (C=O) groups excluding carboxylic acids is 5. The number of ether oxygens (including phenoxy) is 12. The Morgan fingerprint density at radius 1 is 0.378 bits per heavy atom. The summed E-state index contributed by atoms with van der Waals surface area (Å²) in [6.07, 6.45) is 11.9. The van der Waals surface area contributed by atoms with Crippen LogP contribution in [0.4, 0.5) is 0 Å². The van der Waals surface area contributed by atoms with Gasteiger partial charge in [-0.15, -0.1) is 0 Å². The number of ketones is 4. The van der Waals surface area contributed by atoms with E-state index >= 15 is 0 Å². The predicted octanol–water partition coefficient (Wildman–Crippen LogP) is 9.31. The van der Waals surface area contributed by atoms with Gasteiger partial charge in [-0.2, -0.15) is 0 Å². The summed E-state index contributed by atoms with van der Waals surface area (Å²) in [4.78, 5) is 53.9. The van der Waals surface area contributed by atoms with Crippen LogP contribution in [0.5, 0.6) is 69.0 Å². The first kappa shape index (κ1) is 63.1. The van der Waals surface area contributed by atoms with Gasteiger partial charge in [0.2, 0.25) is 23.0 Å². The van der Waals surface area contributed by atoms with E-state index in [1.54, 1.807) is 66.8 Å². The summed E-state index contributed by atoms with van der Waals surface area (Å²) in [5.41, 5.74) is 2.37. The predicted molar refractivity (Wildman–Crippen MR) is 280 cm³/mol. The van der Waals surface area contributed by atoms with E-state index in [9.17, 15) is 34.2 Å². The molecule has 0 aliphatic rings. The smallest absolute Gasteiger partial charge is 0.204 e. The molecular weight excluding hydrogens is 965 g/mol. The summed E-state index contributed by atoms with van der Waals surface area (Å²) >= 11 is 0. The second-order valence-electron chi connectivity index (χ2n) is 14.5. The Kier molecular flexibility index (Phi) is 28.7. The minimum absolute atomic E-state index is 0.0625. The quantitative estimate of drug-likeness (QED) is 0.0231. The molecule has 4 aromatic carbocycles. The highest BCUT2D eigenvalue weighted by molar-refractivity contribution is 6.03. The Balaban J connectivity index is 0.000000563. The van der Waals surface area contributed by atoms with E-state index < -0.39 is 5.78 Å². The van der Waals surface area contributed by atoms with Crippen LogP contribution in [0.15, 0.2) is 90.4 Å². The van der Waals surface area contributed by atoms with Gasteiger partial charge in [-0.3, -0.25) is 24.0 Å². The number of benzene rings is 4. The van der Waals surface area contributed by atoms with Gasteiger partial charge >= 0.3 is 0 Å². The van der Waals surface area contributed by atoms with Crippen LogP contribution in [-0.4, -0.2) is 125 Å². The molecule has 0 fully saturated rings. The van der Waals surface area contributed by atoms with E-state index in [-0.39, 0.29) is 35.3 Å². The minimum atomic E-state index is -0.423. The highest BCUT2D eigenvalue weighted by Crippen LogP contribution is 2.43. The molecule has 0 saturated heterocycles. The normalized spacial score (nSPS) is 10.8. The molecule has 0 aliphatic heterocycles. The van der Waals surface area contributed by atoms with E-state index in [0.717, 1.165) is 12.2 Å². The second-order valence-corrected chi connectivity index (χ2v) is 14.5. The molecule has 2 N–H and O–H groups in total. The highest BCUT2D eigenvalue weighted by Gasteiger charge is 2.18. The molecule has 0 atom stereocenters. The second kappa shape index (κ2) is 33.7. The van der Waals surface area contributed by atoms with Gasteiger partial charge in [0.1, 0.15) is 23.1 Å². The Morgan fingerprint density at radius 2 is 0.649 bits per heavy atom. The maximum Gasteiger partial charge on any atom is 0.204 e. The molecule has 400 valence electrons. The fourth-order valence-electron chi connectivity index (χ4n) is 6.36. The van der Waals surface area contributed by atoms with E-state index in [2.05, 4.69) is 0 Å². The summed E-state index contributed by atoms with van der Waals surface area (Å²) in [6, 6.07) is 13.7. The average molecular weight is 1030 g/mol. The number of aliphatic hydroxyl groups excluding tert-OH is 2. The van der Waals surface area contributed by atoms with Crippen LogP contribution in [0.25, 0.3) is 18.2 Å². The fraction of sp³-hybridized carbons (Fsp3) is 0.291. The standard InChI is InChI=1S/C25H28O8.C15H18O5.C10H12O4.C5H8O2/c1-28-20-13-9-16(22(30-3)24(20)32-5)7-11-18(26)15-19(27)12-8-17-10-14-21(29-2)25(33-6)23(17)31-4;1-10(16)9-12(17)7-5-11-6-8-13(18-2)15(20-4)14(11)19-3;1-12-8-5-4-7(6-11)9(13-2)10(8)14-3;1-4(6)3-5(2)7/h7-15,26H,1-6H3;5-9,17H,1-4H3;4-6H,1-3H3;3H2,1-2H3/b11-7+,12-8+,18-15-;7-5+,12-9-;;. The maximum absolute atomic E-state index is 12.3. The average Bonchev–Trinajstić information content (AvgIpc) is 3.39. The number of allylic oxidation sites excluding steroid dienone is 5. The topological polar surface area (TPSA) is 237 Å². The van der Waals surface area contributed by atoms with Crippen molar-refractivity contribution >= 4 is 47.6 Å². The molecule has 0 radical (unpaired) electrons. The van der Waals surface area contributed by atoms with Crippen molar-refractivity contribution in [2.24, 2.45) is 0 Å². The summed E-state index contributed by atoms with van der Waals surface area (Å²) in [6.45, 7) is 4.17. The van der Waals surface area contributed by atoms with Crippen LogP contribution in [0.2, 0.25) is 0 Å². The third-order valence-corrected chi connectivity index (χ3v) is 9.50. The third-order valence-electron chi connectivity index (χ3n) is 9.50. The maximum atomic E-state index is 12.3. The molecule has 0 amide bonds. The van der Waals surface area contributed by atoms with Gasteiger partial charge in [0.25, 0.3) is 0 Å². The lowest BCUT2D eigenvalue weighted by molar-refractivity contribution is -0.124. The van der Waals surface area contributed by atoms with Gasteiger partial charge in [0.15, 0.2) is 63.8 Å². The third kappa shape index (κ3) is 19.4. The lowest BCUT2D eigenvalue weighted by Crippen LogP contribution is -1.97. The zero-order chi connectivity index (χ0) is 55.9. The van der Waals surface area contributed by atoms with Crippen LogP contribution in [0.1, 0.15) is 54.2 Å². The van der Waals surface area contributed by atoms with Gasteiger partial charge in [-0.1, -0.05) is 0 Å². The molecule has 0 saturated carbocycles. The van der Waals surface area contributed by atoms with E-state index in [1.807, 2.05) is 0 Å². The molecule has 0 unspecified atom stereocenters. The van der Waals surface area contributed by atoms with E-state index in [1.165, 1.54) is 124 Å². The molecule has 0 heterocycles. The Bertz CT molecular complexity index is 2660. The number of Topliss-reactive ketones (excluding diaryl/α,β-unsaturated/α-hetero) is 2. The number of carbonyl (C=O) groups is 5. The van der Waals surface area contributed by atoms with E-state index in [4.69, 9.17) is 56.8 Å².